The quantitative estimate of drug-likeness (QED) is 0.727. The first kappa shape index (κ1) is 11.2. The normalized spacial score (nSPS) is 15.9. The molecule has 0 aliphatic heterocycles. The fourth-order valence-corrected chi connectivity index (χ4v) is 2.07. The zero-order valence-corrected chi connectivity index (χ0v) is 9.79. The van der Waals surface area contributed by atoms with Crippen molar-refractivity contribution in [3.63, 3.8) is 0 Å². The van der Waals surface area contributed by atoms with Crippen molar-refractivity contribution < 1.29 is 0 Å². The van der Waals surface area contributed by atoms with E-state index in [0.29, 0.717) is 0 Å². The van der Waals surface area contributed by atoms with Gasteiger partial charge in [0, 0.05) is 30.4 Å². The molecule has 2 N–H and O–H groups in total. The summed E-state index contributed by atoms with van der Waals surface area (Å²) in [5.41, 5.74) is 9.59. The first-order valence-electron chi connectivity index (χ1n) is 5.97. The molecule has 2 heteroatoms. The van der Waals surface area contributed by atoms with Crippen molar-refractivity contribution in [2.75, 3.05) is 0 Å². The van der Waals surface area contributed by atoms with Crippen LogP contribution in [0, 0.1) is 11.8 Å². The van der Waals surface area contributed by atoms with E-state index < -0.39 is 0 Å². The molecule has 1 aliphatic carbocycles. The molecular weight excluding hydrogens is 196 g/mol. The molecule has 1 aromatic heterocycles. The van der Waals surface area contributed by atoms with Crippen molar-refractivity contribution in [3.05, 3.63) is 29.1 Å². The minimum Gasteiger partial charge on any atom is -0.327 e. The molecule has 0 saturated heterocycles. The predicted octanol–water partition coefficient (Wildman–Crippen LogP) is 2.05. The van der Waals surface area contributed by atoms with E-state index in [9.17, 15) is 0 Å². The standard InChI is InChI=1S/C14H18N2/c1-11(15)5-4-7-13-10-16-9-12-6-2-3-8-14(12)13/h9-11H,2-3,5-6,8,15H2,1H3/t11-/m0/s1. The van der Waals surface area contributed by atoms with Gasteiger partial charge in [0.2, 0.25) is 0 Å². The molecule has 1 aromatic rings. The van der Waals surface area contributed by atoms with Crippen molar-refractivity contribution in [2.45, 2.75) is 45.1 Å². The van der Waals surface area contributed by atoms with Gasteiger partial charge in [-0.15, -0.1) is 0 Å². The van der Waals surface area contributed by atoms with Gasteiger partial charge < -0.3 is 5.73 Å². The average Bonchev–Trinajstić information content (AvgIpc) is 2.29. The Balaban J connectivity index is 2.23. The molecular formula is C14H18N2. The van der Waals surface area contributed by atoms with Crippen LogP contribution >= 0.6 is 0 Å². The van der Waals surface area contributed by atoms with Crippen LogP contribution in [0.4, 0.5) is 0 Å². The summed E-state index contributed by atoms with van der Waals surface area (Å²) in [7, 11) is 0. The van der Waals surface area contributed by atoms with Crippen LogP contribution in [0.1, 0.15) is 42.9 Å². The third-order valence-electron chi connectivity index (χ3n) is 2.92. The van der Waals surface area contributed by atoms with Crippen LogP contribution in [-0.4, -0.2) is 11.0 Å². The van der Waals surface area contributed by atoms with E-state index >= 15 is 0 Å². The number of aromatic nitrogens is 1. The number of hydrogen-bond donors (Lipinski definition) is 1. The number of nitrogens with two attached hydrogens (primary N) is 1. The summed E-state index contributed by atoms with van der Waals surface area (Å²) in [6, 6.07) is 0.153. The maximum absolute atomic E-state index is 5.68. The van der Waals surface area contributed by atoms with Gasteiger partial charge in [-0.1, -0.05) is 11.8 Å². The SMILES string of the molecule is C[C@H](N)CC#Cc1cncc2c1CCCC2. The first-order chi connectivity index (χ1) is 7.77. The average molecular weight is 214 g/mol. The summed E-state index contributed by atoms with van der Waals surface area (Å²) in [6.45, 7) is 1.98. The van der Waals surface area contributed by atoms with Gasteiger partial charge in [-0.05, 0) is 43.7 Å². The molecule has 0 amide bonds. The first-order valence-corrected chi connectivity index (χ1v) is 5.97. The number of nitrogens with zero attached hydrogens (tertiary/aromatic N) is 1. The van der Waals surface area contributed by atoms with E-state index in [0.717, 1.165) is 24.8 Å². The molecule has 84 valence electrons. The maximum Gasteiger partial charge on any atom is 0.0463 e. The van der Waals surface area contributed by atoms with Gasteiger partial charge in [-0.25, -0.2) is 0 Å². The van der Waals surface area contributed by atoms with Crippen LogP contribution in [0.3, 0.4) is 0 Å². The minimum absolute atomic E-state index is 0.153. The van der Waals surface area contributed by atoms with Crippen LogP contribution < -0.4 is 5.73 Å². The van der Waals surface area contributed by atoms with Crippen molar-refractivity contribution in [1.82, 2.24) is 4.98 Å². The van der Waals surface area contributed by atoms with E-state index in [-0.39, 0.29) is 6.04 Å². The Morgan fingerprint density at radius 3 is 3.00 bits per heavy atom. The summed E-state index contributed by atoms with van der Waals surface area (Å²) in [6.07, 6.45) is 9.50. The van der Waals surface area contributed by atoms with Crippen LogP contribution in [0.15, 0.2) is 12.4 Å². The molecule has 0 bridgehead atoms. The highest BCUT2D eigenvalue weighted by Gasteiger charge is 2.11. The lowest BCUT2D eigenvalue weighted by Gasteiger charge is -2.15. The molecule has 0 spiro atoms. The summed E-state index contributed by atoms with van der Waals surface area (Å²) in [4.78, 5) is 4.26. The van der Waals surface area contributed by atoms with Crippen LogP contribution in [0.5, 0.6) is 0 Å². The second kappa shape index (κ2) is 5.14. The molecule has 0 fully saturated rings. The molecule has 0 unspecified atom stereocenters. The topological polar surface area (TPSA) is 38.9 Å². The number of fused-ring (bicyclic) bond motifs is 1. The highest BCUT2D eigenvalue weighted by atomic mass is 14.6. The summed E-state index contributed by atoms with van der Waals surface area (Å²) in [5, 5.41) is 0. The monoisotopic (exact) mass is 214 g/mol. The van der Waals surface area contributed by atoms with Crippen molar-refractivity contribution >= 4 is 0 Å². The lowest BCUT2D eigenvalue weighted by molar-refractivity contribution is 0.680. The Hall–Kier alpha value is -1.33. The largest absolute Gasteiger partial charge is 0.327 e. The van der Waals surface area contributed by atoms with E-state index in [4.69, 9.17) is 5.73 Å². The molecule has 2 rings (SSSR count). The van der Waals surface area contributed by atoms with Gasteiger partial charge in [-0.2, -0.15) is 0 Å². The van der Waals surface area contributed by atoms with E-state index in [2.05, 4.69) is 16.8 Å². The zero-order chi connectivity index (χ0) is 11.4. The van der Waals surface area contributed by atoms with Crippen LogP contribution in [-0.2, 0) is 12.8 Å². The highest BCUT2D eigenvalue weighted by molar-refractivity contribution is 5.44. The van der Waals surface area contributed by atoms with Crippen molar-refractivity contribution in [3.8, 4) is 11.8 Å². The minimum atomic E-state index is 0.153. The lowest BCUT2D eigenvalue weighted by atomic mass is 9.90. The van der Waals surface area contributed by atoms with Crippen LogP contribution in [0.25, 0.3) is 0 Å². The molecule has 0 saturated carbocycles. The Morgan fingerprint density at radius 1 is 1.38 bits per heavy atom. The maximum atomic E-state index is 5.68. The van der Waals surface area contributed by atoms with Gasteiger partial charge in [-0.3, -0.25) is 4.98 Å². The predicted molar refractivity (Wildman–Crippen MR) is 66.0 cm³/mol. The number of aryl methyl sites for hydroxylation is 1. The second-order valence-electron chi connectivity index (χ2n) is 4.52. The van der Waals surface area contributed by atoms with E-state index in [1.165, 1.54) is 24.0 Å². The fourth-order valence-electron chi connectivity index (χ4n) is 2.07. The molecule has 1 aliphatic rings. The zero-order valence-electron chi connectivity index (χ0n) is 9.79. The Morgan fingerprint density at radius 2 is 2.19 bits per heavy atom. The second-order valence-corrected chi connectivity index (χ2v) is 4.52. The lowest BCUT2D eigenvalue weighted by Crippen LogP contribution is -2.13. The third kappa shape index (κ3) is 2.62. The molecule has 1 heterocycles. The van der Waals surface area contributed by atoms with Crippen molar-refractivity contribution in [1.29, 1.82) is 0 Å². The van der Waals surface area contributed by atoms with Gasteiger partial charge in [0.25, 0.3) is 0 Å². The molecule has 0 aromatic carbocycles. The Labute approximate surface area is 97.3 Å². The number of pyridine rings is 1. The fraction of sp³-hybridized carbons (Fsp3) is 0.500. The van der Waals surface area contributed by atoms with Crippen molar-refractivity contribution in [2.24, 2.45) is 5.73 Å². The Bertz CT molecular complexity index is 424. The highest BCUT2D eigenvalue weighted by Crippen LogP contribution is 2.22. The Kier molecular flexibility index (Phi) is 3.58. The molecule has 0 radical (unpaired) electrons. The van der Waals surface area contributed by atoms with Gasteiger partial charge in [0.15, 0.2) is 0 Å². The summed E-state index contributed by atoms with van der Waals surface area (Å²) in [5.74, 6) is 6.35. The summed E-state index contributed by atoms with van der Waals surface area (Å²) < 4.78 is 0. The molecule has 16 heavy (non-hydrogen) atoms. The smallest absolute Gasteiger partial charge is 0.0463 e. The summed E-state index contributed by atoms with van der Waals surface area (Å²) >= 11 is 0. The van der Waals surface area contributed by atoms with Crippen LogP contribution in [0.2, 0.25) is 0 Å². The van der Waals surface area contributed by atoms with E-state index in [1.54, 1.807) is 0 Å². The van der Waals surface area contributed by atoms with Gasteiger partial charge in [0.1, 0.15) is 0 Å². The third-order valence-corrected chi connectivity index (χ3v) is 2.92. The molecule has 2 nitrogen and oxygen atoms in total. The van der Waals surface area contributed by atoms with Gasteiger partial charge in [0.05, 0.1) is 0 Å². The van der Waals surface area contributed by atoms with E-state index in [1.807, 2.05) is 19.3 Å². The number of hydrogen-bond acceptors (Lipinski definition) is 2. The van der Waals surface area contributed by atoms with Gasteiger partial charge >= 0.3 is 0 Å². The number of rotatable bonds is 1. The molecule has 1 atom stereocenters.